The molecule has 0 aliphatic carbocycles. The minimum atomic E-state index is -0.368. The van der Waals surface area contributed by atoms with Crippen LogP contribution in [-0.2, 0) is 6.54 Å². The van der Waals surface area contributed by atoms with Crippen LogP contribution in [0.4, 0.5) is 4.39 Å². The number of nitrogens with two attached hydrogens (primary N) is 1. The third kappa shape index (κ3) is 2.36. The Kier molecular flexibility index (Phi) is 3.78. The molecule has 0 aliphatic rings. The molecular weight excluding hydrogens is 333 g/mol. The fourth-order valence-electron chi connectivity index (χ4n) is 2.64. The second kappa shape index (κ2) is 5.58. The van der Waals surface area contributed by atoms with Crippen molar-refractivity contribution in [1.29, 1.82) is 0 Å². The zero-order chi connectivity index (χ0) is 15.0. The van der Waals surface area contributed by atoms with Gasteiger partial charge in [-0.2, -0.15) is 5.10 Å². The molecule has 3 rings (SSSR count). The van der Waals surface area contributed by atoms with Gasteiger partial charge in [-0.1, -0.05) is 30.3 Å². The maximum Gasteiger partial charge on any atom is 0.131 e. The van der Waals surface area contributed by atoms with Crippen molar-refractivity contribution in [3.8, 4) is 0 Å². The first kappa shape index (κ1) is 14.2. The lowest BCUT2D eigenvalue weighted by Gasteiger charge is -2.17. The summed E-state index contributed by atoms with van der Waals surface area (Å²) in [4.78, 5) is 0. The third-order valence-electron chi connectivity index (χ3n) is 3.67. The summed E-state index contributed by atoms with van der Waals surface area (Å²) in [6.45, 7) is 2.74. The second-order valence-electron chi connectivity index (χ2n) is 4.85. The van der Waals surface area contributed by atoms with Crippen LogP contribution in [0.3, 0.4) is 0 Å². The Balaban J connectivity index is 2.21. The van der Waals surface area contributed by atoms with Gasteiger partial charge in [0.05, 0.1) is 22.4 Å². The van der Waals surface area contributed by atoms with Gasteiger partial charge in [0.1, 0.15) is 5.82 Å². The molecular formula is C16H15BrFN3. The lowest BCUT2D eigenvalue weighted by molar-refractivity contribution is 0.599. The standard InChI is InChI=1S/C16H15BrFN3/c1-2-21-16(13(17)9-20-21)15(19)12-7-8-14(18)11-6-4-3-5-10(11)12/h3-9,15H,2,19H2,1H3. The van der Waals surface area contributed by atoms with Crippen LogP contribution in [0.2, 0.25) is 0 Å². The van der Waals surface area contributed by atoms with E-state index in [9.17, 15) is 4.39 Å². The van der Waals surface area contributed by atoms with Crippen LogP contribution < -0.4 is 5.73 Å². The molecule has 2 aromatic carbocycles. The highest BCUT2D eigenvalue weighted by atomic mass is 79.9. The average Bonchev–Trinajstić information content (AvgIpc) is 2.88. The van der Waals surface area contributed by atoms with Gasteiger partial charge in [-0.15, -0.1) is 0 Å². The highest BCUT2D eigenvalue weighted by molar-refractivity contribution is 9.10. The zero-order valence-corrected chi connectivity index (χ0v) is 13.1. The monoisotopic (exact) mass is 347 g/mol. The molecule has 0 amide bonds. The van der Waals surface area contributed by atoms with Gasteiger partial charge in [-0.3, -0.25) is 4.68 Å². The molecule has 0 spiro atoms. The molecule has 0 saturated carbocycles. The normalized spacial score (nSPS) is 12.8. The van der Waals surface area contributed by atoms with Gasteiger partial charge in [0.25, 0.3) is 0 Å². The summed E-state index contributed by atoms with van der Waals surface area (Å²) in [7, 11) is 0. The molecule has 21 heavy (non-hydrogen) atoms. The first-order valence-corrected chi connectivity index (χ1v) is 7.56. The Bertz CT molecular complexity index is 797. The number of hydrogen-bond acceptors (Lipinski definition) is 2. The summed E-state index contributed by atoms with van der Waals surface area (Å²) in [6.07, 6.45) is 1.74. The van der Waals surface area contributed by atoms with Gasteiger partial charge in [0.15, 0.2) is 0 Å². The molecule has 0 fully saturated rings. The molecule has 1 heterocycles. The maximum absolute atomic E-state index is 13.9. The van der Waals surface area contributed by atoms with E-state index >= 15 is 0 Å². The summed E-state index contributed by atoms with van der Waals surface area (Å²) in [6, 6.07) is 10.2. The highest BCUT2D eigenvalue weighted by Gasteiger charge is 2.20. The zero-order valence-electron chi connectivity index (χ0n) is 11.6. The van der Waals surface area contributed by atoms with E-state index < -0.39 is 0 Å². The number of aromatic nitrogens is 2. The van der Waals surface area contributed by atoms with Gasteiger partial charge in [-0.25, -0.2) is 4.39 Å². The fraction of sp³-hybridized carbons (Fsp3) is 0.188. The molecule has 5 heteroatoms. The quantitative estimate of drug-likeness (QED) is 0.777. The Hall–Kier alpha value is -1.72. The molecule has 1 atom stereocenters. The lowest BCUT2D eigenvalue weighted by Crippen LogP contribution is -2.18. The Morgan fingerprint density at radius 1 is 1.24 bits per heavy atom. The third-order valence-corrected chi connectivity index (χ3v) is 4.28. The Labute approximate surface area is 130 Å². The summed E-state index contributed by atoms with van der Waals surface area (Å²) in [5.74, 6) is -0.232. The lowest BCUT2D eigenvalue weighted by atomic mass is 9.97. The summed E-state index contributed by atoms with van der Waals surface area (Å²) in [5.41, 5.74) is 8.23. The van der Waals surface area contributed by atoms with Gasteiger partial charge in [0.2, 0.25) is 0 Å². The van der Waals surface area contributed by atoms with E-state index in [-0.39, 0.29) is 11.9 Å². The van der Waals surface area contributed by atoms with Crippen molar-refractivity contribution in [3.63, 3.8) is 0 Å². The summed E-state index contributed by atoms with van der Waals surface area (Å²) < 4.78 is 16.6. The van der Waals surface area contributed by atoms with Crippen LogP contribution in [0.15, 0.2) is 47.1 Å². The molecule has 3 nitrogen and oxygen atoms in total. The van der Waals surface area contributed by atoms with Gasteiger partial charge in [-0.05, 0) is 39.9 Å². The van der Waals surface area contributed by atoms with Crippen molar-refractivity contribution in [2.24, 2.45) is 5.73 Å². The van der Waals surface area contributed by atoms with Crippen LogP contribution in [0.1, 0.15) is 24.2 Å². The van der Waals surface area contributed by atoms with E-state index in [1.54, 1.807) is 18.3 Å². The Morgan fingerprint density at radius 3 is 2.67 bits per heavy atom. The van der Waals surface area contributed by atoms with Crippen molar-refractivity contribution in [2.45, 2.75) is 19.5 Å². The van der Waals surface area contributed by atoms with Crippen LogP contribution in [-0.4, -0.2) is 9.78 Å². The number of benzene rings is 2. The van der Waals surface area contributed by atoms with Crippen LogP contribution in [0.5, 0.6) is 0 Å². The molecule has 108 valence electrons. The largest absolute Gasteiger partial charge is 0.319 e. The van der Waals surface area contributed by atoms with E-state index in [4.69, 9.17) is 5.73 Å². The number of rotatable bonds is 3. The molecule has 0 bridgehead atoms. The van der Waals surface area contributed by atoms with Crippen molar-refractivity contribution in [2.75, 3.05) is 0 Å². The molecule has 0 radical (unpaired) electrons. The summed E-state index contributed by atoms with van der Waals surface area (Å²) in [5, 5.41) is 5.72. The van der Waals surface area contributed by atoms with Crippen LogP contribution in [0, 0.1) is 5.82 Å². The average molecular weight is 348 g/mol. The first-order chi connectivity index (χ1) is 10.1. The molecule has 0 saturated heterocycles. The minimum absolute atomic E-state index is 0.232. The second-order valence-corrected chi connectivity index (χ2v) is 5.71. The molecule has 0 aliphatic heterocycles. The predicted octanol–water partition coefficient (Wildman–Crippen LogP) is 4.01. The van der Waals surface area contributed by atoms with Crippen molar-refractivity contribution < 1.29 is 4.39 Å². The van der Waals surface area contributed by atoms with E-state index in [0.29, 0.717) is 5.39 Å². The van der Waals surface area contributed by atoms with Gasteiger partial charge < -0.3 is 5.73 Å². The number of nitrogens with zero attached hydrogens (tertiary/aromatic N) is 2. The predicted molar refractivity (Wildman–Crippen MR) is 85.5 cm³/mol. The van der Waals surface area contributed by atoms with Gasteiger partial charge in [0, 0.05) is 11.9 Å². The Morgan fingerprint density at radius 2 is 1.95 bits per heavy atom. The van der Waals surface area contributed by atoms with Crippen molar-refractivity contribution >= 4 is 26.7 Å². The van der Waals surface area contributed by atoms with Crippen molar-refractivity contribution in [1.82, 2.24) is 9.78 Å². The number of halogens is 2. The number of fused-ring (bicyclic) bond motifs is 1. The molecule has 3 aromatic rings. The van der Waals surface area contributed by atoms with E-state index in [0.717, 1.165) is 27.7 Å². The van der Waals surface area contributed by atoms with Gasteiger partial charge >= 0.3 is 0 Å². The number of hydrogen-bond donors (Lipinski definition) is 1. The smallest absolute Gasteiger partial charge is 0.131 e. The SMILES string of the molecule is CCn1ncc(Br)c1C(N)c1ccc(F)c2ccccc12. The molecule has 2 N–H and O–H groups in total. The molecule has 1 aromatic heterocycles. The van der Waals surface area contributed by atoms with E-state index in [2.05, 4.69) is 21.0 Å². The topological polar surface area (TPSA) is 43.8 Å². The minimum Gasteiger partial charge on any atom is -0.319 e. The fourth-order valence-corrected chi connectivity index (χ4v) is 3.18. The maximum atomic E-state index is 13.9. The van der Waals surface area contributed by atoms with Crippen LogP contribution >= 0.6 is 15.9 Å². The first-order valence-electron chi connectivity index (χ1n) is 6.77. The van der Waals surface area contributed by atoms with Crippen molar-refractivity contribution in [3.05, 3.63) is 64.1 Å². The molecule has 1 unspecified atom stereocenters. The number of aryl methyl sites for hydroxylation is 1. The van der Waals surface area contributed by atoms with E-state index in [1.165, 1.54) is 6.07 Å². The van der Waals surface area contributed by atoms with E-state index in [1.807, 2.05) is 29.8 Å². The highest BCUT2D eigenvalue weighted by Crippen LogP contribution is 2.32. The summed E-state index contributed by atoms with van der Waals surface area (Å²) >= 11 is 3.50. The van der Waals surface area contributed by atoms with Crippen LogP contribution in [0.25, 0.3) is 10.8 Å².